The first kappa shape index (κ1) is 22.4. The molecule has 7 heteroatoms. The Hall–Kier alpha value is -4.10. The van der Waals surface area contributed by atoms with E-state index in [1.165, 1.54) is 5.56 Å². The lowest BCUT2D eigenvalue weighted by molar-refractivity contribution is 0.0384. The predicted molar refractivity (Wildman–Crippen MR) is 140 cm³/mol. The summed E-state index contributed by atoms with van der Waals surface area (Å²) in [6, 6.07) is 20.2. The fourth-order valence-corrected chi connectivity index (χ4v) is 4.98. The number of aromatic amines is 1. The Morgan fingerprint density at radius 2 is 2.06 bits per heavy atom. The lowest BCUT2D eigenvalue weighted by Gasteiger charge is -2.36. The van der Waals surface area contributed by atoms with E-state index < -0.39 is 0 Å². The van der Waals surface area contributed by atoms with Crippen LogP contribution in [0.3, 0.4) is 0 Å². The molecule has 0 amide bonds. The molecular formula is C29H28N4O3. The summed E-state index contributed by atoms with van der Waals surface area (Å²) in [7, 11) is 0. The molecule has 2 aliphatic heterocycles. The molecule has 1 saturated heterocycles. The highest BCUT2D eigenvalue weighted by atomic mass is 16.5. The molecule has 0 spiro atoms. The highest BCUT2D eigenvalue weighted by Gasteiger charge is 2.28. The average Bonchev–Trinajstić information content (AvgIpc) is 2.90. The van der Waals surface area contributed by atoms with Crippen molar-refractivity contribution in [3.63, 3.8) is 0 Å². The summed E-state index contributed by atoms with van der Waals surface area (Å²) in [5.41, 5.74) is 7.45. The molecule has 36 heavy (non-hydrogen) atoms. The molecule has 2 aromatic carbocycles. The van der Waals surface area contributed by atoms with Crippen LogP contribution in [0.15, 0.2) is 77.9 Å². The van der Waals surface area contributed by atoms with Crippen LogP contribution in [0.25, 0.3) is 0 Å². The van der Waals surface area contributed by atoms with Crippen LogP contribution in [0, 0.1) is 6.92 Å². The number of nitrogens with one attached hydrogen (secondary N) is 2. The van der Waals surface area contributed by atoms with Crippen molar-refractivity contribution in [2.75, 3.05) is 29.9 Å². The van der Waals surface area contributed by atoms with Crippen molar-refractivity contribution in [3.05, 3.63) is 111 Å². The molecule has 2 N–H and O–H groups in total. The SMILES string of the molecule is Cc1cc(CNc2ccc3c(c2)Cc2cccc(C4CN(c5cc[nH]c(=O)c5)CCO4)c2O3)ccn1. The van der Waals surface area contributed by atoms with Gasteiger partial charge in [0.05, 0.1) is 6.61 Å². The maximum absolute atomic E-state index is 11.8. The van der Waals surface area contributed by atoms with Crippen LogP contribution in [0.5, 0.6) is 11.5 Å². The normalized spacial score (nSPS) is 16.6. The quantitative estimate of drug-likeness (QED) is 0.370. The van der Waals surface area contributed by atoms with Crippen molar-refractivity contribution in [2.24, 2.45) is 0 Å². The molecule has 7 nitrogen and oxygen atoms in total. The van der Waals surface area contributed by atoms with Crippen molar-refractivity contribution < 1.29 is 9.47 Å². The van der Waals surface area contributed by atoms with Crippen LogP contribution in [-0.4, -0.2) is 29.7 Å². The van der Waals surface area contributed by atoms with E-state index in [1.807, 2.05) is 31.3 Å². The smallest absolute Gasteiger partial charge is 0.249 e. The van der Waals surface area contributed by atoms with E-state index in [0.29, 0.717) is 13.2 Å². The summed E-state index contributed by atoms with van der Waals surface area (Å²) >= 11 is 0. The number of fused-ring (bicyclic) bond motifs is 2. The molecule has 0 aliphatic carbocycles. The summed E-state index contributed by atoms with van der Waals surface area (Å²) < 4.78 is 12.6. The van der Waals surface area contributed by atoms with Crippen molar-refractivity contribution in [3.8, 4) is 11.5 Å². The number of anilines is 2. The second kappa shape index (κ2) is 9.51. The minimum atomic E-state index is -0.140. The van der Waals surface area contributed by atoms with Gasteiger partial charge in [0, 0.05) is 72.7 Å². The lowest BCUT2D eigenvalue weighted by Crippen LogP contribution is -2.39. The number of hydrogen-bond acceptors (Lipinski definition) is 6. The third-order valence-corrected chi connectivity index (χ3v) is 6.78. The highest BCUT2D eigenvalue weighted by molar-refractivity contribution is 5.59. The number of benzene rings is 2. The summed E-state index contributed by atoms with van der Waals surface area (Å²) in [5, 5.41) is 3.52. The number of para-hydroxylation sites is 1. The third-order valence-electron chi connectivity index (χ3n) is 6.78. The zero-order valence-corrected chi connectivity index (χ0v) is 20.2. The summed E-state index contributed by atoms with van der Waals surface area (Å²) in [6.45, 7) is 4.74. The minimum absolute atomic E-state index is 0.0997. The van der Waals surface area contributed by atoms with E-state index in [4.69, 9.17) is 9.47 Å². The van der Waals surface area contributed by atoms with E-state index in [2.05, 4.69) is 56.6 Å². The highest BCUT2D eigenvalue weighted by Crippen LogP contribution is 2.43. The Bertz CT molecular complexity index is 1470. The zero-order valence-electron chi connectivity index (χ0n) is 20.2. The third kappa shape index (κ3) is 4.57. The Balaban J connectivity index is 1.20. The van der Waals surface area contributed by atoms with Gasteiger partial charge in [0.25, 0.3) is 0 Å². The summed E-state index contributed by atoms with van der Waals surface area (Å²) in [4.78, 5) is 21.0. The van der Waals surface area contributed by atoms with Gasteiger partial charge in [-0.1, -0.05) is 18.2 Å². The first-order valence-electron chi connectivity index (χ1n) is 12.3. The number of pyridine rings is 2. The summed E-state index contributed by atoms with van der Waals surface area (Å²) in [5.74, 6) is 1.76. The number of aryl methyl sites for hydroxylation is 1. The van der Waals surface area contributed by atoms with Gasteiger partial charge in [-0.25, -0.2) is 0 Å². The number of hydrogen-bond donors (Lipinski definition) is 2. The first-order valence-corrected chi connectivity index (χ1v) is 12.3. The predicted octanol–water partition coefficient (Wildman–Crippen LogP) is 4.96. The van der Waals surface area contributed by atoms with E-state index in [9.17, 15) is 4.79 Å². The molecular weight excluding hydrogens is 452 g/mol. The van der Waals surface area contributed by atoms with E-state index in [0.717, 1.165) is 64.8 Å². The van der Waals surface area contributed by atoms with Crippen molar-refractivity contribution in [1.82, 2.24) is 9.97 Å². The van der Waals surface area contributed by atoms with Gasteiger partial charge in [-0.05, 0) is 54.4 Å². The molecule has 0 radical (unpaired) electrons. The van der Waals surface area contributed by atoms with Crippen LogP contribution < -0.4 is 20.5 Å². The molecule has 6 rings (SSSR count). The van der Waals surface area contributed by atoms with E-state index >= 15 is 0 Å². The topological polar surface area (TPSA) is 79.5 Å². The number of H-pyrrole nitrogens is 1. The van der Waals surface area contributed by atoms with Gasteiger partial charge < -0.3 is 24.7 Å². The van der Waals surface area contributed by atoms with Crippen LogP contribution in [-0.2, 0) is 17.7 Å². The second-order valence-corrected chi connectivity index (χ2v) is 9.31. The van der Waals surface area contributed by atoms with Crippen molar-refractivity contribution in [2.45, 2.75) is 26.0 Å². The molecule has 1 atom stereocenters. The maximum atomic E-state index is 11.8. The van der Waals surface area contributed by atoms with E-state index in [1.54, 1.807) is 12.3 Å². The van der Waals surface area contributed by atoms with Crippen molar-refractivity contribution >= 4 is 11.4 Å². The first-order chi connectivity index (χ1) is 17.6. The lowest BCUT2D eigenvalue weighted by atomic mass is 9.95. The fourth-order valence-electron chi connectivity index (χ4n) is 4.98. The molecule has 1 fully saturated rings. The Morgan fingerprint density at radius 1 is 1.11 bits per heavy atom. The molecule has 182 valence electrons. The molecule has 4 aromatic rings. The van der Waals surface area contributed by atoms with Gasteiger partial charge in [-0.15, -0.1) is 0 Å². The van der Waals surface area contributed by atoms with Gasteiger partial charge >= 0.3 is 0 Å². The van der Waals surface area contributed by atoms with Gasteiger partial charge in [-0.2, -0.15) is 0 Å². The molecule has 2 aromatic heterocycles. The van der Waals surface area contributed by atoms with Crippen LogP contribution in [0.1, 0.15) is 34.1 Å². The van der Waals surface area contributed by atoms with Crippen LogP contribution in [0.2, 0.25) is 0 Å². The largest absolute Gasteiger partial charge is 0.456 e. The molecule has 0 bridgehead atoms. The Morgan fingerprint density at radius 3 is 2.94 bits per heavy atom. The van der Waals surface area contributed by atoms with Gasteiger partial charge in [0.15, 0.2) is 0 Å². The maximum Gasteiger partial charge on any atom is 0.249 e. The van der Waals surface area contributed by atoms with Gasteiger partial charge in [0.1, 0.15) is 17.6 Å². The number of nitrogens with zero attached hydrogens (tertiary/aromatic N) is 2. The second-order valence-electron chi connectivity index (χ2n) is 9.31. The van der Waals surface area contributed by atoms with Gasteiger partial charge in [0.2, 0.25) is 5.56 Å². The van der Waals surface area contributed by atoms with Crippen LogP contribution in [0.4, 0.5) is 11.4 Å². The monoisotopic (exact) mass is 480 g/mol. The Labute approximate surface area is 209 Å². The van der Waals surface area contributed by atoms with E-state index in [-0.39, 0.29) is 11.7 Å². The minimum Gasteiger partial charge on any atom is -0.456 e. The number of aromatic nitrogens is 2. The average molecular weight is 481 g/mol. The van der Waals surface area contributed by atoms with Gasteiger partial charge in [-0.3, -0.25) is 9.78 Å². The van der Waals surface area contributed by atoms with Crippen molar-refractivity contribution in [1.29, 1.82) is 0 Å². The number of rotatable bonds is 5. The summed E-state index contributed by atoms with van der Waals surface area (Å²) in [6.07, 6.45) is 4.19. The fraction of sp³-hybridized carbons (Fsp3) is 0.241. The molecule has 1 unspecified atom stereocenters. The van der Waals surface area contributed by atoms with Crippen LogP contribution >= 0.6 is 0 Å². The molecule has 4 heterocycles. The molecule has 2 aliphatic rings. The number of morpholine rings is 1. The zero-order chi connectivity index (χ0) is 24.5. The Kier molecular flexibility index (Phi) is 5.91. The molecule has 0 saturated carbocycles. The number of ether oxygens (including phenoxy) is 2. The standard InChI is InChI=1S/C29H28N4O3/c1-19-13-20(7-9-30-19)17-32-23-5-6-26-22(15-23)14-21-3-2-4-25(29(21)36-26)27-18-33(11-12-35-27)24-8-10-31-28(34)16-24/h2-10,13,15-16,27,32H,11-12,14,17-18H2,1H3,(H,31,34).